The summed E-state index contributed by atoms with van der Waals surface area (Å²) in [7, 11) is 0. The van der Waals surface area contributed by atoms with Crippen LogP contribution in [0.15, 0.2) is 38.9 Å². The minimum Gasteiger partial charge on any atom is -0.466 e. The maximum Gasteiger partial charge on any atom is 0.309 e. The van der Waals surface area contributed by atoms with E-state index in [2.05, 4.69) is 64.1 Å². The molecule has 0 bridgehead atoms. The highest BCUT2D eigenvalue weighted by Gasteiger charge is 2.51. The number of hydrogen-bond donors (Lipinski definition) is 0. The predicted molar refractivity (Wildman–Crippen MR) is 110 cm³/mol. The molecular formula is C21H24BrN3O2. The summed E-state index contributed by atoms with van der Waals surface area (Å²) in [5.74, 6) is 0.897. The molecule has 0 N–H and O–H groups in total. The first-order valence-electron chi connectivity index (χ1n) is 9.49. The maximum atomic E-state index is 12.1. The summed E-state index contributed by atoms with van der Waals surface area (Å²) >= 11 is 3.54. The number of hydrogen-bond acceptors (Lipinski definition) is 5. The number of guanidine groups is 1. The molecule has 0 spiro atoms. The van der Waals surface area contributed by atoms with Gasteiger partial charge in [0.15, 0.2) is 0 Å². The van der Waals surface area contributed by atoms with Crippen LogP contribution in [0.4, 0.5) is 0 Å². The minimum atomic E-state index is -0.0806. The van der Waals surface area contributed by atoms with Gasteiger partial charge >= 0.3 is 5.97 Å². The molecule has 1 aromatic carbocycles. The van der Waals surface area contributed by atoms with Crippen LogP contribution in [0.25, 0.3) is 0 Å². The van der Waals surface area contributed by atoms with Gasteiger partial charge in [0, 0.05) is 12.4 Å². The van der Waals surface area contributed by atoms with Crippen molar-refractivity contribution in [2.24, 2.45) is 21.8 Å². The van der Waals surface area contributed by atoms with Gasteiger partial charge in [-0.25, -0.2) is 9.98 Å². The van der Waals surface area contributed by atoms with Gasteiger partial charge in [0.2, 0.25) is 5.96 Å². The number of halogens is 1. The first-order valence-corrected chi connectivity index (χ1v) is 10.3. The Labute approximate surface area is 168 Å². The van der Waals surface area contributed by atoms with Crippen molar-refractivity contribution in [2.75, 3.05) is 6.61 Å². The minimum absolute atomic E-state index is 0.0135. The second-order valence-corrected chi connectivity index (χ2v) is 8.46. The van der Waals surface area contributed by atoms with Crippen LogP contribution in [-0.2, 0) is 9.53 Å². The molecule has 0 saturated heterocycles. The number of carbonyl (C=O) groups excluding carboxylic acids is 1. The molecule has 6 heteroatoms. The van der Waals surface area contributed by atoms with Crippen LogP contribution in [0.1, 0.15) is 42.5 Å². The number of benzene rings is 1. The average Bonchev–Trinajstić information content (AvgIpc) is 3.42. The van der Waals surface area contributed by atoms with Crippen LogP contribution in [-0.4, -0.2) is 35.7 Å². The zero-order valence-corrected chi connectivity index (χ0v) is 17.4. The Morgan fingerprint density at radius 1 is 1.33 bits per heavy atom. The number of carbonyl (C=O) groups is 1. The molecule has 4 atom stereocenters. The summed E-state index contributed by atoms with van der Waals surface area (Å²) in [4.78, 5) is 23.7. The van der Waals surface area contributed by atoms with E-state index in [4.69, 9.17) is 9.73 Å². The number of allylic oxidation sites excluding steroid dienone is 1. The Balaban J connectivity index is 1.64. The third kappa shape index (κ3) is 3.59. The zero-order valence-electron chi connectivity index (χ0n) is 15.9. The molecule has 3 aliphatic rings. The smallest absolute Gasteiger partial charge is 0.309 e. The van der Waals surface area contributed by atoms with Crippen LogP contribution >= 0.6 is 15.9 Å². The van der Waals surface area contributed by atoms with Crippen molar-refractivity contribution in [3.8, 4) is 0 Å². The molecule has 1 aromatic rings. The van der Waals surface area contributed by atoms with E-state index in [1.807, 2.05) is 6.92 Å². The summed E-state index contributed by atoms with van der Waals surface area (Å²) in [6.07, 6.45) is 5.58. The molecule has 5 nitrogen and oxygen atoms in total. The van der Waals surface area contributed by atoms with Gasteiger partial charge in [0.25, 0.3) is 0 Å². The van der Waals surface area contributed by atoms with Crippen molar-refractivity contribution in [3.63, 3.8) is 0 Å². The molecule has 4 rings (SSSR count). The molecule has 1 aliphatic carbocycles. The fraction of sp³-hybridized carbons (Fsp3) is 0.476. The van der Waals surface area contributed by atoms with Gasteiger partial charge in [-0.2, -0.15) is 0 Å². The highest BCUT2D eigenvalue weighted by Crippen LogP contribution is 2.48. The topological polar surface area (TPSA) is 54.3 Å². The van der Waals surface area contributed by atoms with Crippen LogP contribution in [0, 0.1) is 25.7 Å². The van der Waals surface area contributed by atoms with Crippen molar-refractivity contribution in [1.82, 2.24) is 4.90 Å². The van der Waals surface area contributed by atoms with Crippen molar-refractivity contribution in [2.45, 2.75) is 45.7 Å². The van der Waals surface area contributed by atoms with E-state index in [1.54, 1.807) is 6.21 Å². The summed E-state index contributed by atoms with van der Waals surface area (Å²) in [5, 5.41) is 0. The lowest BCUT2D eigenvalue weighted by Crippen LogP contribution is -2.39. The molecule has 2 heterocycles. The van der Waals surface area contributed by atoms with Crippen molar-refractivity contribution in [1.29, 1.82) is 0 Å². The van der Waals surface area contributed by atoms with Gasteiger partial charge in [-0.3, -0.25) is 4.79 Å². The van der Waals surface area contributed by atoms with Crippen LogP contribution in [0.3, 0.4) is 0 Å². The van der Waals surface area contributed by atoms with Crippen molar-refractivity contribution >= 4 is 34.1 Å². The lowest BCUT2D eigenvalue weighted by atomic mass is 9.90. The standard InChI is InChI=1S/C21H24BrN3O2/c1-4-27-20(26)17-8-16(17)18-9-19(15-6-5-12(2)7-13(15)3)25-11-14(22)10-23-21(25)24-18/h5-7,10-11,16-19H,4,8-9H2,1-3H3. The monoisotopic (exact) mass is 429 g/mol. The number of fused-ring (bicyclic) bond motifs is 1. The third-order valence-corrected chi connectivity index (χ3v) is 6.00. The normalized spacial score (nSPS) is 29.0. The lowest BCUT2D eigenvalue weighted by molar-refractivity contribution is -0.145. The van der Waals surface area contributed by atoms with Crippen LogP contribution in [0.5, 0.6) is 0 Å². The van der Waals surface area contributed by atoms with E-state index >= 15 is 0 Å². The SMILES string of the molecule is CCOC(=O)C1CC1C1CC(c2ccc(C)cc2C)N2C=C(Br)C=NC2=N1. The molecule has 0 radical (unpaired) electrons. The quantitative estimate of drug-likeness (QED) is 0.670. The van der Waals surface area contributed by atoms with Gasteiger partial charge in [0.1, 0.15) is 0 Å². The summed E-state index contributed by atoms with van der Waals surface area (Å²) < 4.78 is 6.14. The predicted octanol–water partition coefficient (Wildman–Crippen LogP) is 4.29. The molecule has 27 heavy (non-hydrogen) atoms. The van der Waals surface area contributed by atoms with Crippen LogP contribution < -0.4 is 0 Å². The number of aliphatic imine (C=N–C) groups is 2. The Morgan fingerprint density at radius 2 is 2.15 bits per heavy atom. The number of aryl methyl sites for hydroxylation is 2. The maximum absolute atomic E-state index is 12.1. The number of ether oxygens (including phenoxy) is 1. The Bertz CT molecular complexity index is 861. The highest BCUT2D eigenvalue weighted by molar-refractivity contribution is 9.12. The van der Waals surface area contributed by atoms with Gasteiger partial charge in [0.05, 0.1) is 29.1 Å². The molecule has 0 aromatic heterocycles. The van der Waals surface area contributed by atoms with E-state index in [-0.39, 0.29) is 29.9 Å². The number of rotatable bonds is 4. The number of esters is 1. The molecular weight excluding hydrogens is 406 g/mol. The molecule has 142 valence electrons. The summed E-state index contributed by atoms with van der Waals surface area (Å²) in [6.45, 7) is 6.56. The molecule has 2 aliphatic heterocycles. The molecule has 0 amide bonds. The van der Waals surface area contributed by atoms with Gasteiger partial charge in [-0.05, 0) is 66.6 Å². The molecule has 1 saturated carbocycles. The number of nitrogens with zero attached hydrogens (tertiary/aromatic N) is 3. The lowest BCUT2D eigenvalue weighted by Gasteiger charge is -2.38. The second-order valence-electron chi connectivity index (χ2n) is 7.55. The largest absolute Gasteiger partial charge is 0.466 e. The van der Waals surface area contributed by atoms with E-state index < -0.39 is 0 Å². The third-order valence-electron chi connectivity index (χ3n) is 5.59. The van der Waals surface area contributed by atoms with Crippen molar-refractivity contribution in [3.05, 3.63) is 45.6 Å². The first-order chi connectivity index (χ1) is 13.0. The van der Waals surface area contributed by atoms with E-state index in [1.165, 1.54) is 16.7 Å². The van der Waals surface area contributed by atoms with E-state index in [9.17, 15) is 4.79 Å². The molecule has 1 fully saturated rings. The zero-order chi connectivity index (χ0) is 19.1. The Hall–Kier alpha value is -1.95. The van der Waals surface area contributed by atoms with Gasteiger partial charge in [-0.15, -0.1) is 0 Å². The summed E-state index contributed by atoms with van der Waals surface area (Å²) in [6, 6.07) is 6.86. The Kier molecular flexibility index (Phi) is 4.93. The average molecular weight is 430 g/mol. The Morgan fingerprint density at radius 3 is 2.89 bits per heavy atom. The fourth-order valence-electron chi connectivity index (χ4n) is 4.19. The van der Waals surface area contributed by atoms with Crippen LogP contribution in [0.2, 0.25) is 0 Å². The van der Waals surface area contributed by atoms with Gasteiger partial charge in [-0.1, -0.05) is 23.8 Å². The van der Waals surface area contributed by atoms with Crippen molar-refractivity contribution < 1.29 is 9.53 Å². The first kappa shape index (κ1) is 18.4. The molecule has 4 unspecified atom stereocenters. The van der Waals surface area contributed by atoms with E-state index in [0.717, 1.165) is 23.3 Å². The highest BCUT2D eigenvalue weighted by atomic mass is 79.9. The van der Waals surface area contributed by atoms with E-state index in [0.29, 0.717) is 6.61 Å². The van der Waals surface area contributed by atoms with Gasteiger partial charge < -0.3 is 9.64 Å². The summed E-state index contributed by atoms with van der Waals surface area (Å²) in [5.41, 5.74) is 3.83. The second kappa shape index (κ2) is 7.23. The fourth-order valence-corrected chi connectivity index (χ4v) is 4.51.